The smallest absolute Gasteiger partial charge is 0.245 e. The van der Waals surface area contributed by atoms with E-state index < -0.39 is 22.1 Å². The van der Waals surface area contributed by atoms with Crippen LogP contribution in [0.25, 0.3) is 0 Å². The molecule has 0 bridgehead atoms. The molecular formula is C30H34ClN5O4S. The number of hydrogen-bond acceptors (Lipinski definition) is 6. The molecule has 0 unspecified atom stereocenters. The first-order valence-corrected chi connectivity index (χ1v) is 15.9. The summed E-state index contributed by atoms with van der Waals surface area (Å²) >= 11 is 6.07. The summed E-state index contributed by atoms with van der Waals surface area (Å²) in [4.78, 5) is 31.1. The van der Waals surface area contributed by atoms with E-state index in [0.717, 1.165) is 23.1 Å². The van der Waals surface area contributed by atoms with Crippen LogP contribution >= 0.6 is 11.6 Å². The molecule has 0 aromatic heterocycles. The van der Waals surface area contributed by atoms with E-state index in [1.54, 1.807) is 29.2 Å². The number of sulfonamides is 1. The van der Waals surface area contributed by atoms with Gasteiger partial charge in [0.1, 0.15) is 6.04 Å². The zero-order chi connectivity index (χ0) is 29.0. The highest BCUT2D eigenvalue weighted by Crippen LogP contribution is 2.27. The van der Waals surface area contributed by atoms with Crippen molar-refractivity contribution in [1.29, 1.82) is 0 Å². The van der Waals surface area contributed by atoms with Crippen LogP contribution in [-0.2, 0) is 39.0 Å². The summed E-state index contributed by atoms with van der Waals surface area (Å²) in [6.07, 6.45) is 2.02. The van der Waals surface area contributed by atoms with Gasteiger partial charge in [-0.05, 0) is 47.4 Å². The average Bonchev–Trinajstić information content (AvgIpc) is 2.97. The maximum atomic E-state index is 13.8. The van der Waals surface area contributed by atoms with Crippen molar-refractivity contribution in [3.05, 3.63) is 94.5 Å². The van der Waals surface area contributed by atoms with E-state index in [9.17, 15) is 18.0 Å². The fraction of sp³-hybridized carbons (Fsp3) is 0.333. The van der Waals surface area contributed by atoms with Crippen LogP contribution < -0.4 is 20.3 Å². The highest BCUT2D eigenvalue weighted by Gasteiger charge is 2.32. The van der Waals surface area contributed by atoms with E-state index in [1.165, 1.54) is 5.56 Å². The van der Waals surface area contributed by atoms with Crippen molar-refractivity contribution in [2.75, 3.05) is 42.1 Å². The lowest BCUT2D eigenvalue weighted by molar-refractivity contribution is -0.137. The van der Waals surface area contributed by atoms with Gasteiger partial charge >= 0.3 is 0 Å². The number of anilines is 2. The third-order valence-corrected chi connectivity index (χ3v) is 8.34. The van der Waals surface area contributed by atoms with Gasteiger partial charge in [0.15, 0.2) is 0 Å². The highest BCUT2D eigenvalue weighted by molar-refractivity contribution is 7.92. The molecule has 0 radical (unpaired) electrons. The molecule has 41 heavy (non-hydrogen) atoms. The van der Waals surface area contributed by atoms with Crippen LogP contribution in [0.4, 0.5) is 11.4 Å². The summed E-state index contributed by atoms with van der Waals surface area (Å²) in [5.41, 5.74) is 4.48. The van der Waals surface area contributed by atoms with E-state index in [4.69, 9.17) is 11.6 Å². The summed E-state index contributed by atoms with van der Waals surface area (Å²) in [6, 6.07) is 21.4. The van der Waals surface area contributed by atoms with Crippen LogP contribution in [0.15, 0.2) is 72.8 Å². The molecule has 2 atom stereocenters. The minimum atomic E-state index is -3.44. The Labute approximate surface area is 245 Å². The Kier molecular flexibility index (Phi) is 8.82. The largest absolute Gasteiger partial charge is 0.366 e. The van der Waals surface area contributed by atoms with Crippen LogP contribution in [0, 0.1) is 0 Å². The van der Waals surface area contributed by atoms with Gasteiger partial charge in [-0.25, -0.2) is 8.42 Å². The maximum absolute atomic E-state index is 13.8. The second kappa shape index (κ2) is 12.5. The molecule has 2 amide bonds. The third kappa shape index (κ3) is 7.38. The van der Waals surface area contributed by atoms with Gasteiger partial charge < -0.3 is 20.4 Å². The molecule has 0 spiro atoms. The van der Waals surface area contributed by atoms with Gasteiger partial charge in [-0.2, -0.15) is 0 Å². The molecule has 3 aromatic rings. The molecule has 1 saturated heterocycles. The van der Waals surface area contributed by atoms with Crippen LogP contribution in [0.2, 0.25) is 5.02 Å². The van der Waals surface area contributed by atoms with Gasteiger partial charge in [0.2, 0.25) is 21.8 Å². The van der Waals surface area contributed by atoms with Gasteiger partial charge in [0, 0.05) is 44.2 Å². The molecule has 2 heterocycles. The molecule has 2 aliphatic heterocycles. The average molecular weight is 596 g/mol. The number of nitrogens with one attached hydrogen (secondary N) is 3. The lowest BCUT2D eigenvalue weighted by Crippen LogP contribution is -2.58. The minimum absolute atomic E-state index is 0.147. The number of amides is 2. The standard InChI is InChI=1S/C30H34ClN5O4S/c1-41(39,40)34-25-8-4-5-9-28(25)35-14-16-36(17-15-35)30(38)27(18-21-10-12-24(31)13-11-21)33-29(37)26-19-22-6-2-3-7-23(22)20-32-26/h2-13,26-27,32,34H,14-20H2,1H3,(H,33,37)/t26-,27-/m1/s1. The van der Waals surface area contributed by atoms with Crippen molar-refractivity contribution in [2.24, 2.45) is 0 Å². The highest BCUT2D eigenvalue weighted by atomic mass is 35.5. The fourth-order valence-corrected chi connectivity index (χ4v) is 6.09. The minimum Gasteiger partial charge on any atom is -0.366 e. The number of hydrogen-bond donors (Lipinski definition) is 3. The van der Waals surface area contributed by atoms with E-state index in [2.05, 4.69) is 26.3 Å². The number of piperazine rings is 1. The van der Waals surface area contributed by atoms with E-state index >= 15 is 0 Å². The Balaban J connectivity index is 1.28. The zero-order valence-electron chi connectivity index (χ0n) is 22.8. The first kappa shape index (κ1) is 28.9. The Hall–Kier alpha value is -3.60. The van der Waals surface area contributed by atoms with E-state index in [0.29, 0.717) is 56.3 Å². The van der Waals surface area contributed by atoms with Crippen molar-refractivity contribution in [3.8, 4) is 0 Å². The lowest BCUT2D eigenvalue weighted by atomic mass is 9.95. The predicted octanol–water partition coefficient (Wildman–Crippen LogP) is 2.80. The monoisotopic (exact) mass is 595 g/mol. The summed E-state index contributed by atoms with van der Waals surface area (Å²) in [5, 5.41) is 6.95. The molecular weight excluding hydrogens is 562 g/mol. The molecule has 11 heteroatoms. The van der Waals surface area contributed by atoms with E-state index in [1.807, 2.05) is 42.5 Å². The predicted molar refractivity (Wildman–Crippen MR) is 162 cm³/mol. The first-order valence-electron chi connectivity index (χ1n) is 13.6. The number of nitrogens with zero attached hydrogens (tertiary/aromatic N) is 2. The van der Waals surface area contributed by atoms with Gasteiger partial charge in [0.25, 0.3) is 0 Å². The third-order valence-electron chi connectivity index (χ3n) is 7.50. The van der Waals surface area contributed by atoms with Gasteiger partial charge in [-0.3, -0.25) is 14.3 Å². The second-order valence-corrected chi connectivity index (χ2v) is 12.7. The Morgan fingerprint density at radius 1 is 0.951 bits per heavy atom. The Bertz CT molecular complexity index is 1510. The number of fused-ring (bicyclic) bond motifs is 1. The topological polar surface area (TPSA) is 111 Å². The van der Waals surface area contributed by atoms with Crippen LogP contribution in [0.5, 0.6) is 0 Å². The van der Waals surface area contributed by atoms with Crippen molar-refractivity contribution in [1.82, 2.24) is 15.5 Å². The second-order valence-electron chi connectivity index (χ2n) is 10.5. The number of carbonyl (C=O) groups excluding carboxylic acids is 2. The molecule has 3 N–H and O–H groups in total. The molecule has 3 aromatic carbocycles. The summed E-state index contributed by atoms with van der Waals surface area (Å²) in [6.45, 7) is 2.53. The number of carbonyl (C=O) groups is 2. The van der Waals surface area contributed by atoms with Gasteiger partial charge in [-0.1, -0.05) is 60.1 Å². The normalized spacial score (nSPS) is 17.9. The molecule has 216 valence electrons. The van der Waals surface area contributed by atoms with Gasteiger partial charge in [-0.15, -0.1) is 0 Å². The Morgan fingerprint density at radius 2 is 1.61 bits per heavy atom. The summed E-state index contributed by atoms with van der Waals surface area (Å²) in [5.74, 6) is -0.349. The van der Waals surface area contributed by atoms with Crippen LogP contribution in [-0.4, -0.2) is 69.7 Å². The first-order chi connectivity index (χ1) is 19.7. The molecule has 0 aliphatic carbocycles. The number of halogens is 1. The summed E-state index contributed by atoms with van der Waals surface area (Å²) < 4.78 is 26.3. The van der Waals surface area contributed by atoms with Crippen molar-refractivity contribution >= 4 is 44.8 Å². The quantitative estimate of drug-likeness (QED) is 0.369. The SMILES string of the molecule is CS(=O)(=O)Nc1ccccc1N1CCN(C(=O)[C@@H](Cc2ccc(Cl)cc2)NC(=O)[C@H]2Cc3ccccc3CN2)CC1. The summed E-state index contributed by atoms with van der Waals surface area (Å²) in [7, 11) is -3.44. The Morgan fingerprint density at radius 3 is 2.32 bits per heavy atom. The lowest BCUT2D eigenvalue weighted by Gasteiger charge is -2.38. The van der Waals surface area contributed by atoms with Gasteiger partial charge in [0.05, 0.1) is 23.7 Å². The zero-order valence-corrected chi connectivity index (χ0v) is 24.4. The molecule has 9 nitrogen and oxygen atoms in total. The van der Waals surface area contributed by atoms with Crippen molar-refractivity contribution in [2.45, 2.75) is 31.5 Å². The number of rotatable bonds is 8. The molecule has 5 rings (SSSR count). The molecule has 1 fully saturated rings. The van der Waals surface area contributed by atoms with Crippen molar-refractivity contribution in [3.63, 3.8) is 0 Å². The molecule has 0 saturated carbocycles. The van der Waals surface area contributed by atoms with Crippen molar-refractivity contribution < 1.29 is 18.0 Å². The van der Waals surface area contributed by atoms with E-state index in [-0.39, 0.29) is 11.8 Å². The fourth-order valence-electron chi connectivity index (χ4n) is 5.39. The maximum Gasteiger partial charge on any atom is 0.245 e. The molecule has 2 aliphatic rings. The number of benzene rings is 3. The van der Waals surface area contributed by atoms with Crippen LogP contribution in [0.1, 0.15) is 16.7 Å². The number of para-hydroxylation sites is 2. The van der Waals surface area contributed by atoms with Crippen LogP contribution in [0.3, 0.4) is 0 Å².